The molecule has 6 rings (SSSR count). The second-order valence-electron chi connectivity index (χ2n) is 9.64. The molecular weight excluding hydrogens is 473 g/mol. The number of hydrogen-bond acceptors (Lipinski definition) is 8. The number of aromatic nitrogens is 3. The van der Waals surface area contributed by atoms with E-state index in [-0.39, 0.29) is 35.5 Å². The van der Waals surface area contributed by atoms with Gasteiger partial charge in [0.1, 0.15) is 17.5 Å². The minimum atomic E-state index is -0.351. The first kappa shape index (κ1) is 23.4. The molecule has 3 aromatic rings. The monoisotopic (exact) mass is 501 g/mol. The zero-order valence-corrected chi connectivity index (χ0v) is 20.2. The van der Waals surface area contributed by atoms with Gasteiger partial charge in [-0.2, -0.15) is 4.98 Å². The third kappa shape index (κ3) is 4.72. The quantitative estimate of drug-likeness (QED) is 0.422. The first-order valence-corrected chi connectivity index (χ1v) is 12.5. The lowest BCUT2D eigenvalue weighted by molar-refractivity contribution is -0.122. The number of ether oxygens (including phenoxy) is 1. The number of halogens is 1. The van der Waals surface area contributed by atoms with Crippen LogP contribution >= 0.6 is 0 Å². The number of pyridine rings is 1. The minimum Gasteiger partial charge on any atom is -0.378 e. The number of morpholine rings is 1. The van der Waals surface area contributed by atoms with Crippen molar-refractivity contribution in [3.63, 3.8) is 0 Å². The van der Waals surface area contributed by atoms with E-state index in [0.29, 0.717) is 36.1 Å². The van der Waals surface area contributed by atoms with Crippen molar-refractivity contribution in [1.82, 2.24) is 15.0 Å². The van der Waals surface area contributed by atoms with Gasteiger partial charge in [-0.3, -0.25) is 4.79 Å². The molecule has 2 aromatic heterocycles. The van der Waals surface area contributed by atoms with Gasteiger partial charge in [-0.15, -0.1) is 0 Å². The van der Waals surface area contributed by atoms with Gasteiger partial charge in [0, 0.05) is 48.8 Å². The number of nitrogens with two attached hydrogens (primary N) is 1. The highest BCUT2D eigenvalue weighted by atomic mass is 19.1. The average molecular weight is 502 g/mol. The Hall–Kier alpha value is -4.05. The van der Waals surface area contributed by atoms with E-state index in [4.69, 9.17) is 15.5 Å². The Morgan fingerprint density at radius 3 is 2.76 bits per heavy atom. The maximum atomic E-state index is 14.1. The molecule has 2 fully saturated rings. The Balaban J connectivity index is 1.32. The van der Waals surface area contributed by atoms with E-state index in [1.807, 2.05) is 18.2 Å². The van der Waals surface area contributed by atoms with E-state index in [1.165, 1.54) is 12.1 Å². The van der Waals surface area contributed by atoms with Crippen molar-refractivity contribution in [1.29, 1.82) is 0 Å². The van der Waals surface area contributed by atoms with Gasteiger partial charge in [0.2, 0.25) is 11.9 Å². The summed E-state index contributed by atoms with van der Waals surface area (Å²) in [5.74, 6) is 1.01. The molecule has 10 heteroatoms. The first-order chi connectivity index (χ1) is 18.0. The van der Waals surface area contributed by atoms with E-state index in [1.54, 1.807) is 18.5 Å². The lowest BCUT2D eigenvalue weighted by Crippen LogP contribution is -2.41. The van der Waals surface area contributed by atoms with Crippen LogP contribution in [0.25, 0.3) is 11.1 Å². The van der Waals surface area contributed by atoms with Gasteiger partial charge in [0.25, 0.3) is 0 Å². The number of nitrogens with one attached hydrogen (secondary N) is 2. The number of primary amides is 1. The summed E-state index contributed by atoms with van der Waals surface area (Å²) in [6, 6.07) is 9.90. The summed E-state index contributed by atoms with van der Waals surface area (Å²) in [4.78, 5) is 28.2. The molecule has 190 valence electrons. The largest absolute Gasteiger partial charge is 0.378 e. The lowest BCUT2D eigenvalue weighted by Gasteiger charge is -2.28. The van der Waals surface area contributed by atoms with E-state index >= 15 is 0 Å². The fourth-order valence-corrected chi connectivity index (χ4v) is 5.57. The van der Waals surface area contributed by atoms with E-state index in [9.17, 15) is 9.18 Å². The highest BCUT2D eigenvalue weighted by Gasteiger charge is 2.47. The predicted molar refractivity (Wildman–Crippen MR) is 139 cm³/mol. The molecule has 0 radical (unpaired) electrons. The predicted octanol–water partition coefficient (Wildman–Crippen LogP) is 3.35. The van der Waals surface area contributed by atoms with Gasteiger partial charge in [0.15, 0.2) is 0 Å². The number of carbonyl (C=O) groups excluding carboxylic acids is 1. The number of carbonyl (C=O) groups is 1. The number of fused-ring (bicyclic) bond motifs is 2. The summed E-state index contributed by atoms with van der Waals surface area (Å²) in [5.41, 5.74) is 7.85. The molecule has 9 nitrogen and oxygen atoms in total. The summed E-state index contributed by atoms with van der Waals surface area (Å²) < 4.78 is 19.5. The molecule has 4 atom stereocenters. The number of benzene rings is 1. The number of hydrogen-bond donors (Lipinski definition) is 3. The van der Waals surface area contributed by atoms with Gasteiger partial charge in [-0.25, -0.2) is 14.4 Å². The summed E-state index contributed by atoms with van der Waals surface area (Å²) in [6.45, 7) is 2.90. The zero-order valence-electron chi connectivity index (χ0n) is 20.2. The second kappa shape index (κ2) is 9.78. The van der Waals surface area contributed by atoms with Crippen LogP contribution in [0.3, 0.4) is 0 Å². The Morgan fingerprint density at radius 2 is 1.95 bits per heavy atom. The standard InChI is InChI=1S/C27H28FN7O2/c28-19-3-1-2-16(13-19)21-15-31-27(32-20-6-7-30-22(14-20)35-8-10-37-11-9-35)34-26(21)33-24-18-5-4-17(12-18)23(24)25(29)36/h1-7,13-15,17-18,23-24H,8-12H2,(H2,29,36)(H2,30,31,32,33,34)/t17-,18+,23+,24-/m1/s1. The topological polar surface area (TPSA) is 118 Å². The molecule has 0 unspecified atom stereocenters. The summed E-state index contributed by atoms with van der Waals surface area (Å²) >= 11 is 0. The zero-order chi connectivity index (χ0) is 25.4. The SMILES string of the molecule is NC(=O)[C@@H]1[C@H](Nc2nc(Nc3ccnc(N4CCOCC4)c3)ncc2-c2cccc(F)c2)[C@H]2C=C[C@@H]1C2. The number of nitrogens with zero attached hydrogens (tertiary/aromatic N) is 4. The molecule has 3 heterocycles. The van der Waals surface area contributed by atoms with Crippen molar-refractivity contribution in [3.05, 3.63) is 66.8 Å². The molecular formula is C27H28FN7O2. The molecule has 0 spiro atoms. The Labute approximate surface area is 214 Å². The third-order valence-corrected chi connectivity index (χ3v) is 7.35. The van der Waals surface area contributed by atoms with Crippen molar-refractivity contribution in [3.8, 4) is 11.1 Å². The van der Waals surface area contributed by atoms with Crippen molar-refractivity contribution in [2.75, 3.05) is 41.8 Å². The van der Waals surface area contributed by atoms with Crippen molar-refractivity contribution >= 4 is 29.2 Å². The van der Waals surface area contributed by atoms with Crippen LogP contribution in [-0.4, -0.2) is 53.2 Å². The van der Waals surface area contributed by atoms with Crippen LogP contribution < -0.4 is 21.3 Å². The first-order valence-electron chi connectivity index (χ1n) is 12.5. The molecule has 4 N–H and O–H groups in total. The Bertz CT molecular complexity index is 1340. The number of rotatable bonds is 7. The molecule has 3 aliphatic rings. The van der Waals surface area contributed by atoms with Crippen molar-refractivity contribution in [2.24, 2.45) is 23.5 Å². The molecule has 1 aliphatic heterocycles. The van der Waals surface area contributed by atoms with Gasteiger partial charge in [-0.1, -0.05) is 24.3 Å². The normalized spacial score (nSPS) is 24.3. The van der Waals surface area contributed by atoms with Crippen LogP contribution in [0.1, 0.15) is 6.42 Å². The molecule has 1 saturated heterocycles. The lowest BCUT2D eigenvalue weighted by atomic mass is 9.88. The van der Waals surface area contributed by atoms with Crippen molar-refractivity contribution < 1.29 is 13.9 Å². The molecule has 1 amide bonds. The van der Waals surface area contributed by atoms with Crippen LogP contribution in [0.2, 0.25) is 0 Å². The van der Waals surface area contributed by atoms with Crippen LogP contribution in [0.15, 0.2) is 60.9 Å². The molecule has 2 aliphatic carbocycles. The smallest absolute Gasteiger partial charge is 0.229 e. The highest BCUT2D eigenvalue weighted by molar-refractivity contribution is 5.81. The second-order valence-corrected chi connectivity index (χ2v) is 9.64. The average Bonchev–Trinajstić information content (AvgIpc) is 3.52. The third-order valence-electron chi connectivity index (χ3n) is 7.35. The number of amides is 1. The summed E-state index contributed by atoms with van der Waals surface area (Å²) in [6.07, 6.45) is 8.49. The van der Waals surface area contributed by atoms with Gasteiger partial charge in [-0.05, 0) is 42.0 Å². The summed E-state index contributed by atoms with van der Waals surface area (Å²) in [7, 11) is 0. The summed E-state index contributed by atoms with van der Waals surface area (Å²) in [5, 5.41) is 6.75. The Kier molecular flexibility index (Phi) is 6.17. The maximum absolute atomic E-state index is 14.1. The van der Waals surface area contributed by atoms with Crippen LogP contribution in [0.5, 0.6) is 0 Å². The van der Waals surface area contributed by atoms with Gasteiger partial charge in [0.05, 0.1) is 19.1 Å². The maximum Gasteiger partial charge on any atom is 0.229 e. The van der Waals surface area contributed by atoms with E-state index in [2.05, 4.69) is 37.7 Å². The van der Waals surface area contributed by atoms with Crippen LogP contribution in [0, 0.1) is 23.6 Å². The van der Waals surface area contributed by atoms with Crippen molar-refractivity contribution in [2.45, 2.75) is 12.5 Å². The van der Waals surface area contributed by atoms with Crippen LogP contribution in [-0.2, 0) is 9.53 Å². The highest BCUT2D eigenvalue weighted by Crippen LogP contribution is 2.45. The number of allylic oxidation sites excluding steroid dienone is 1. The minimum absolute atomic E-state index is 0.118. The number of anilines is 4. The van der Waals surface area contributed by atoms with Crippen LogP contribution in [0.4, 0.5) is 27.7 Å². The fraction of sp³-hybridized carbons (Fsp3) is 0.333. The van der Waals surface area contributed by atoms with Gasteiger partial charge < -0.3 is 26.0 Å². The van der Waals surface area contributed by atoms with E-state index in [0.717, 1.165) is 31.0 Å². The van der Waals surface area contributed by atoms with Gasteiger partial charge >= 0.3 is 0 Å². The molecule has 1 saturated carbocycles. The fourth-order valence-electron chi connectivity index (χ4n) is 5.57. The van der Waals surface area contributed by atoms with E-state index < -0.39 is 0 Å². The molecule has 2 bridgehead atoms. The molecule has 37 heavy (non-hydrogen) atoms. The Morgan fingerprint density at radius 1 is 1.11 bits per heavy atom. The molecule has 1 aromatic carbocycles.